The number of carbonyl (C=O) groups is 1. The maximum Gasteiger partial charge on any atom is 0.226 e. The Kier molecular flexibility index (Phi) is 6.05. The molecule has 0 spiro atoms. The molecule has 0 atom stereocenters. The van der Waals surface area contributed by atoms with E-state index in [-0.39, 0.29) is 11.3 Å². The lowest BCUT2D eigenvalue weighted by molar-refractivity contribution is -0.116. The molecule has 0 saturated carbocycles. The van der Waals surface area contributed by atoms with E-state index < -0.39 is 0 Å². The van der Waals surface area contributed by atoms with E-state index >= 15 is 0 Å². The average Bonchev–Trinajstić information content (AvgIpc) is 3.20. The predicted octanol–water partition coefficient (Wildman–Crippen LogP) is 6.56. The molecule has 0 saturated heterocycles. The van der Waals surface area contributed by atoms with Crippen molar-refractivity contribution < 1.29 is 4.79 Å². The number of anilines is 1. The molecule has 1 aliphatic rings. The maximum atomic E-state index is 12.4. The van der Waals surface area contributed by atoms with Crippen molar-refractivity contribution in [2.75, 3.05) is 5.32 Å². The minimum Gasteiger partial charge on any atom is -0.302 e. The van der Waals surface area contributed by atoms with Gasteiger partial charge in [-0.1, -0.05) is 57.2 Å². The summed E-state index contributed by atoms with van der Waals surface area (Å²) in [5.41, 5.74) is 7.67. The van der Waals surface area contributed by atoms with Crippen LogP contribution < -0.4 is 5.32 Å². The summed E-state index contributed by atoms with van der Waals surface area (Å²) in [6, 6.07) is 15.3. The van der Waals surface area contributed by atoms with Crippen LogP contribution in [0.1, 0.15) is 62.3 Å². The first kappa shape index (κ1) is 20.8. The number of nitrogens with one attached hydrogen (secondary N) is 1. The molecule has 1 aromatic heterocycles. The predicted molar refractivity (Wildman–Crippen MR) is 126 cm³/mol. The Morgan fingerprint density at radius 2 is 1.77 bits per heavy atom. The molecule has 0 bridgehead atoms. The summed E-state index contributed by atoms with van der Waals surface area (Å²) in [7, 11) is 0. The zero-order valence-electron chi connectivity index (χ0n) is 18.1. The van der Waals surface area contributed by atoms with Gasteiger partial charge < -0.3 is 5.32 Å². The van der Waals surface area contributed by atoms with Gasteiger partial charge >= 0.3 is 0 Å². The van der Waals surface area contributed by atoms with Crippen LogP contribution in [0.2, 0.25) is 0 Å². The van der Waals surface area contributed by atoms with E-state index in [1.165, 1.54) is 52.9 Å². The lowest BCUT2D eigenvalue weighted by Gasteiger charge is -2.19. The molecule has 1 N–H and O–H groups in total. The molecule has 0 fully saturated rings. The van der Waals surface area contributed by atoms with Crippen LogP contribution in [0, 0.1) is 0 Å². The summed E-state index contributed by atoms with van der Waals surface area (Å²) in [4.78, 5) is 17.1. The van der Waals surface area contributed by atoms with E-state index in [0.717, 1.165) is 24.1 Å². The monoisotopic (exact) mass is 418 g/mol. The van der Waals surface area contributed by atoms with Crippen molar-refractivity contribution in [3.63, 3.8) is 0 Å². The maximum absolute atomic E-state index is 12.4. The fourth-order valence-corrected chi connectivity index (χ4v) is 4.70. The number of nitrogens with zero attached hydrogens (tertiary/aromatic N) is 1. The van der Waals surface area contributed by atoms with Crippen molar-refractivity contribution in [2.24, 2.45) is 0 Å². The molecule has 2 aromatic carbocycles. The quantitative estimate of drug-likeness (QED) is 0.510. The van der Waals surface area contributed by atoms with Crippen LogP contribution >= 0.6 is 11.3 Å². The number of aryl methyl sites for hydroxylation is 3. The van der Waals surface area contributed by atoms with Crippen molar-refractivity contribution in [2.45, 2.75) is 64.7 Å². The summed E-state index contributed by atoms with van der Waals surface area (Å²) in [5, 5.41) is 5.68. The van der Waals surface area contributed by atoms with Crippen LogP contribution in [-0.4, -0.2) is 10.9 Å². The molecule has 3 nitrogen and oxygen atoms in total. The SMILES string of the molecule is CC(C)(C)c1ccc(CCC(=O)Nc2nc(-c3ccc4c(c3)CCCC4)cs2)cc1. The fraction of sp³-hybridized carbons (Fsp3) is 0.385. The second-order valence-electron chi connectivity index (χ2n) is 9.22. The third-order valence-electron chi connectivity index (χ3n) is 5.86. The van der Waals surface area contributed by atoms with E-state index in [1.807, 2.05) is 5.38 Å². The molecule has 4 heteroatoms. The van der Waals surface area contributed by atoms with Crippen molar-refractivity contribution in [1.29, 1.82) is 0 Å². The van der Waals surface area contributed by atoms with Crippen molar-refractivity contribution in [3.8, 4) is 11.3 Å². The van der Waals surface area contributed by atoms with Gasteiger partial charge in [0.1, 0.15) is 0 Å². The highest BCUT2D eigenvalue weighted by Gasteiger charge is 2.14. The number of hydrogen-bond donors (Lipinski definition) is 1. The van der Waals surface area contributed by atoms with Crippen LogP contribution in [0.3, 0.4) is 0 Å². The van der Waals surface area contributed by atoms with Gasteiger partial charge in [-0.3, -0.25) is 4.79 Å². The summed E-state index contributed by atoms with van der Waals surface area (Å²) in [5.74, 6) is 0.0150. The van der Waals surface area contributed by atoms with Crippen LogP contribution in [0.5, 0.6) is 0 Å². The summed E-state index contributed by atoms with van der Waals surface area (Å²) in [6.07, 6.45) is 6.11. The number of amides is 1. The lowest BCUT2D eigenvalue weighted by Crippen LogP contribution is -2.13. The fourth-order valence-electron chi connectivity index (χ4n) is 3.97. The number of fused-ring (bicyclic) bond motifs is 1. The number of carbonyl (C=O) groups excluding carboxylic acids is 1. The first-order chi connectivity index (χ1) is 14.4. The topological polar surface area (TPSA) is 42.0 Å². The Hall–Kier alpha value is -2.46. The van der Waals surface area contributed by atoms with Crippen molar-refractivity contribution in [1.82, 2.24) is 4.98 Å². The van der Waals surface area contributed by atoms with Crippen LogP contribution in [0.4, 0.5) is 5.13 Å². The molecular weight excluding hydrogens is 388 g/mol. The zero-order valence-corrected chi connectivity index (χ0v) is 18.9. The van der Waals surface area contributed by atoms with Crippen molar-refractivity contribution >= 4 is 22.4 Å². The zero-order chi connectivity index (χ0) is 21.1. The third-order valence-corrected chi connectivity index (χ3v) is 6.61. The van der Waals surface area contributed by atoms with Gasteiger partial charge in [0.25, 0.3) is 0 Å². The molecule has 0 radical (unpaired) electrons. The second-order valence-corrected chi connectivity index (χ2v) is 10.1. The number of benzene rings is 2. The molecular formula is C26H30N2OS. The minimum absolute atomic E-state index is 0.0150. The summed E-state index contributed by atoms with van der Waals surface area (Å²) >= 11 is 1.49. The first-order valence-electron chi connectivity index (χ1n) is 10.9. The third kappa shape index (κ3) is 4.99. The van der Waals surface area contributed by atoms with Gasteiger partial charge in [0, 0.05) is 17.4 Å². The smallest absolute Gasteiger partial charge is 0.226 e. The number of hydrogen-bond acceptors (Lipinski definition) is 3. The van der Waals surface area contributed by atoms with E-state index in [0.29, 0.717) is 11.6 Å². The van der Waals surface area contributed by atoms with Gasteiger partial charge in [-0.05, 0) is 65.8 Å². The number of thiazole rings is 1. The Bertz CT molecular complexity index is 1030. The molecule has 30 heavy (non-hydrogen) atoms. The average molecular weight is 419 g/mol. The largest absolute Gasteiger partial charge is 0.302 e. The number of rotatable bonds is 5. The van der Waals surface area contributed by atoms with Crippen LogP contribution in [0.25, 0.3) is 11.3 Å². The summed E-state index contributed by atoms with van der Waals surface area (Å²) in [6.45, 7) is 6.63. The Morgan fingerprint density at radius 3 is 2.50 bits per heavy atom. The van der Waals surface area contributed by atoms with Gasteiger partial charge in [-0.2, -0.15) is 0 Å². The van der Waals surface area contributed by atoms with Gasteiger partial charge in [0.05, 0.1) is 5.69 Å². The van der Waals surface area contributed by atoms with Crippen LogP contribution in [-0.2, 0) is 29.5 Å². The van der Waals surface area contributed by atoms with E-state index in [2.05, 4.69) is 73.5 Å². The minimum atomic E-state index is 0.0150. The molecule has 1 amide bonds. The normalized spacial score (nSPS) is 13.7. The molecule has 3 aromatic rings. The molecule has 4 rings (SSSR count). The number of aromatic nitrogens is 1. The van der Waals surface area contributed by atoms with Gasteiger partial charge in [0.15, 0.2) is 5.13 Å². The highest BCUT2D eigenvalue weighted by atomic mass is 32.1. The molecule has 0 unspecified atom stereocenters. The Balaban J connectivity index is 1.34. The van der Waals surface area contributed by atoms with Crippen molar-refractivity contribution in [3.05, 3.63) is 70.1 Å². The Morgan fingerprint density at radius 1 is 1.03 bits per heavy atom. The first-order valence-corrected chi connectivity index (χ1v) is 11.7. The molecule has 1 aliphatic carbocycles. The van der Waals surface area contributed by atoms with E-state index in [1.54, 1.807) is 0 Å². The van der Waals surface area contributed by atoms with E-state index in [4.69, 9.17) is 0 Å². The van der Waals surface area contributed by atoms with Gasteiger partial charge in [-0.25, -0.2) is 4.98 Å². The standard InChI is InChI=1S/C26H30N2OS/c1-26(2,3)22-13-8-18(9-14-22)10-15-24(29)28-25-27-23(17-30-25)21-12-11-19-6-4-5-7-20(19)16-21/h8-9,11-14,16-17H,4-7,10,15H2,1-3H3,(H,27,28,29). The molecule has 0 aliphatic heterocycles. The molecule has 156 valence electrons. The van der Waals surface area contributed by atoms with Gasteiger partial charge in [-0.15, -0.1) is 11.3 Å². The lowest BCUT2D eigenvalue weighted by atomic mass is 9.86. The molecule has 1 heterocycles. The van der Waals surface area contributed by atoms with Crippen LogP contribution in [0.15, 0.2) is 47.8 Å². The highest BCUT2D eigenvalue weighted by Crippen LogP contribution is 2.29. The summed E-state index contributed by atoms with van der Waals surface area (Å²) < 4.78 is 0. The van der Waals surface area contributed by atoms with Gasteiger partial charge in [0.2, 0.25) is 5.91 Å². The Labute approximate surface area is 183 Å². The van der Waals surface area contributed by atoms with E-state index in [9.17, 15) is 4.79 Å². The highest BCUT2D eigenvalue weighted by molar-refractivity contribution is 7.14. The second kappa shape index (κ2) is 8.73.